The van der Waals surface area contributed by atoms with Crippen LogP contribution in [0.5, 0.6) is 5.75 Å². The Bertz CT molecular complexity index is 435. The van der Waals surface area contributed by atoms with Crippen LogP contribution in [-0.2, 0) is 6.54 Å². The molecule has 0 radical (unpaired) electrons. The third kappa shape index (κ3) is 6.45. The molecule has 0 atom stereocenters. The number of halogens is 1. The van der Waals surface area contributed by atoms with Crippen molar-refractivity contribution in [2.75, 3.05) is 6.54 Å². The maximum atomic E-state index is 9.70. The number of rotatable bonds is 5. The Hall–Kier alpha value is -0.980. The number of aliphatic imine (C=N–C) groups is 1. The molecule has 0 amide bonds. The van der Waals surface area contributed by atoms with Crippen molar-refractivity contribution in [2.45, 2.75) is 40.7 Å². The quantitative estimate of drug-likeness (QED) is 0.411. The molecule has 1 aromatic rings. The third-order valence-electron chi connectivity index (χ3n) is 3.01. The van der Waals surface area contributed by atoms with Crippen LogP contribution in [0.15, 0.2) is 17.1 Å². The molecule has 0 aromatic heterocycles. The summed E-state index contributed by atoms with van der Waals surface area (Å²) in [5.74, 6) is 1.49. The number of benzene rings is 1. The predicted molar refractivity (Wildman–Crippen MR) is 95.8 cm³/mol. The molecular weight excluding hydrogens is 365 g/mol. The first-order chi connectivity index (χ1) is 8.90. The molecule has 0 unspecified atom stereocenters. The van der Waals surface area contributed by atoms with Crippen molar-refractivity contribution in [2.24, 2.45) is 16.6 Å². The molecule has 20 heavy (non-hydrogen) atoms. The first kappa shape index (κ1) is 19.0. The van der Waals surface area contributed by atoms with Crippen LogP contribution >= 0.6 is 24.0 Å². The van der Waals surface area contributed by atoms with Crippen LogP contribution in [0, 0.1) is 19.8 Å². The number of nitrogens with two attached hydrogens (primary N) is 1. The van der Waals surface area contributed by atoms with E-state index in [4.69, 9.17) is 5.73 Å². The number of nitrogens with one attached hydrogen (secondary N) is 1. The average Bonchev–Trinajstić information content (AvgIpc) is 2.32. The van der Waals surface area contributed by atoms with E-state index in [2.05, 4.69) is 24.2 Å². The minimum absolute atomic E-state index is 0. The highest BCUT2D eigenvalue weighted by atomic mass is 127. The molecule has 0 aliphatic carbocycles. The number of phenols is 1. The zero-order valence-electron chi connectivity index (χ0n) is 12.7. The van der Waals surface area contributed by atoms with Gasteiger partial charge in [-0.15, -0.1) is 24.0 Å². The minimum atomic E-state index is 0. The van der Waals surface area contributed by atoms with Crippen LogP contribution in [0.3, 0.4) is 0 Å². The van der Waals surface area contributed by atoms with E-state index in [9.17, 15) is 5.11 Å². The van der Waals surface area contributed by atoms with Gasteiger partial charge in [-0.25, -0.2) is 4.99 Å². The highest BCUT2D eigenvalue weighted by molar-refractivity contribution is 14.0. The van der Waals surface area contributed by atoms with Crippen LogP contribution in [0.1, 0.15) is 37.0 Å². The summed E-state index contributed by atoms with van der Waals surface area (Å²) in [6, 6.07) is 3.88. The second kappa shape index (κ2) is 9.05. The topological polar surface area (TPSA) is 70.6 Å². The van der Waals surface area contributed by atoms with Crippen molar-refractivity contribution in [3.05, 3.63) is 28.8 Å². The summed E-state index contributed by atoms with van der Waals surface area (Å²) in [7, 11) is 0. The SMILES string of the molecule is Cc1cc(CN=C(N)NCCC(C)C)cc(C)c1O.I. The Labute approximate surface area is 138 Å². The number of aryl methyl sites for hydroxylation is 2. The Morgan fingerprint density at radius 1 is 1.30 bits per heavy atom. The van der Waals surface area contributed by atoms with Gasteiger partial charge in [-0.05, 0) is 42.9 Å². The Morgan fingerprint density at radius 3 is 2.35 bits per heavy atom. The summed E-state index contributed by atoms with van der Waals surface area (Å²) >= 11 is 0. The van der Waals surface area contributed by atoms with Crippen LogP contribution in [0.25, 0.3) is 0 Å². The normalized spacial score (nSPS) is 11.3. The van der Waals surface area contributed by atoms with E-state index >= 15 is 0 Å². The Balaban J connectivity index is 0.00000361. The fourth-order valence-corrected chi connectivity index (χ4v) is 1.86. The molecule has 0 spiro atoms. The van der Waals surface area contributed by atoms with Crippen molar-refractivity contribution in [1.29, 1.82) is 0 Å². The van der Waals surface area contributed by atoms with Gasteiger partial charge in [-0.3, -0.25) is 0 Å². The van der Waals surface area contributed by atoms with Crippen molar-refractivity contribution in [3.8, 4) is 5.75 Å². The van der Waals surface area contributed by atoms with E-state index in [1.165, 1.54) is 0 Å². The van der Waals surface area contributed by atoms with E-state index in [-0.39, 0.29) is 24.0 Å². The van der Waals surface area contributed by atoms with Crippen LogP contribution in [0.4, 0.5) is 0 Å². The van der Waals surface area contributed by atoms with Gasteiger partial charge >= 0.3 is 0 Å². The smallest absolute Gasteiger partial charge is 0.188 e. The highest BCUT2D eigenvalue weighted by Gasteiger charge is 2.03. The lowest BCUT2D eigenvalue weighted by Gasteiger charge is -2.09. The van der Waals surface area contributed by atoms with Gasteiger partial charge in [0.25, 0.3) is 0 Å². The fourth-order valence-electron chi connectivity index (χ4n) is 1.86. The second-order valence-corrected chi connectivity index (χ2v) is 5.39. The van der Waals surface area contributed by atoms with E-state index in [1.807, 2.05) is 26.0 Å². The standard InChI is InChI=1S/C15H25N3O.HI/c1-10(2)5-6-17-15(16)18-9-13-7-11(3)14(19)12(4)8-13;/h7-8,10,19H,5-6,9H2,1-4H3,(H3,16,17,18);1H. The summed E-state index contributed by atoms with van der Waals surface area (Å²) in [5, 5.41) is 12.8. The lowest BCUT2D eigenvalue weighted by molar-refractivity contribution is 0.466. The van der Waals surface area contributed by atoms with Crippen molar-refractivity contribution in [3.63, 3.8) is 0 Å². The van der Waals surface area contributed by atoms with Crippen LogP contribution in [-0.4, -0.2) is 17.6 Å². The highest BCUT2D eigenvalue weighted by Crippen LogP contribution is 2.23. The molecule has 0 heterocycles. The average molecular weight is 391 g/mol. The minimum Gasteiger partial charge on any atom is -0.507 e. The Kier molecular flexibility index (Phi) is 8.60. The molecule has 0 bridgehead atoms. The number of aromatic hydroxyl groups is 1. The summed E-state index contributed by atoms with van der Waals surface area (Å²) in [4.78, 5) is 4.30. The number of hydrogen-bond acceptors (Lipinski definition) is 2. The van der Waals surface area contributed by atoms with Gasteiger partial charge in [0, 0.05) is 6.54 Å². The molecule has 0 saturated carbocycles. The summed E-state index contributed by atoms with van der Waals surface area (Å²) in [6.45, 7) is 9.51. The molecule has 0 aliphatic heterocycles. The molecule has 114 valence electrons. The van der Waals surface area contributed by atoms with E-state index in [1.54, 1.807) is 0 Å². The zero-order valence-corrected chi connectivity index (χ0v) is 15.1. The van der Waals surface area contributed by atoms with Gasteiger partial charge in [-0.2, -0.15) is 0 Å². The van der Waals surface area contributed by atoms with Gasteiger partial charge in [0.1, 0.15) is 5.75 Å². The molecule has 5 heteroatoms. The van der Waals surface area contributed by atoms with Crippen LogP contribution < -0.4 is 11.1 Å². The molecular formula is C15H26IN3O. The first-order valence-electron chi connectivity index (χ1n) is 6.73. The number of nitrogens with zero attached hydrogens (tertiary/aromatic N) is 1. The van der Waals surface area contributed by atoms with Gasteiger partial charge in [0.2, 0.25) is 0 Å². The van der Waals surface area contributed by atoms with E-state index in [0.29, 0.717) is 24.2 Å². The number of phenolic OH excluding ortho intramolecular Hbond substituents is 1. The number of guanidine groups is 1. The van der Waals surface area contributed by atoms with E-state index < -0.39 is 0 Å². The second-order valence-electron chi connectivity index (χ2n) is 5.39. The van der Waals surface area contributed by atoms with Gasteiger partial charge in [0.05, 0.1) is 6.54 Å². The van der Waals surface area contributed by atoms with Crippen molar-refractivity contribution < 1.29 is 5.11 Å². The molecule has 0 fully saturated rings. The third-order valence-corrected chi connectivity index (χ3v) is 3.01. The molecule has 0 aliphatic rings. The monoisotopic (exact) mass is 391 g/mol. The molecule has 1 rings (SSSR count). The largest absolute Gasteiger partial charge is 0.507 e. The molecule has 4 N–H and O–H groups in total. The van der Waals surface area contributed by atoms with Gasteiger partial charge in [0.15, 0.2) is 5.96 Å². The zero-order chi connectivity index (χ0) is 14.4. The maximum Gasteiger partial charge on any atom is 0.188 e. The van der Waals surface area contributed by atoms with Crippen LogP contribution in [0.2, 0.25) is 0 Å². The molecule has 1 aromatic carbocycles. The predicted octanol–water partition coefficient (Wildman–Crippen LogP) is 3.08. The molecule has 4 nitrogen and oxygen atoms in total. The maximum absolute atomic E-state index is 9.70. The Morgan fingerprint density at radius 2 is 1.85 bits per heavy atom. The van der Waals surface area contributed by atoms with Gasteiger partial charge in [-0.1, -0.05) is 26.0 Å². The van der Waals surface area contributed by atoms with E-state index in [0.717, 1.165) is 29.7 Å². The lowest BCUT2D eigenvalue weighted by Crippen LogP contribution is -2.32. The lowest BCUT2D eigenvalue weighted by atomic mass is 10.1. The first-order valence-corrected chi connectivity index (χ1v) is 6.73. The van der Waals surface area contributed by atoms with Crippen molar-refractivity contribution in [1.82, 2.24) is 5.32 Å². The fraction of sp³-hybridized carbons (Fsp3) is 0.533. The number of hydrogen-bond donors (Lipinski definition) is 3. The summed E-state index contributed by atoms with van der Waals surface area (Å²) in [5.41, 5.74) is 8.60. The van der Waals surface area contributed by atoms with Gasteiger partial charge < -0.3 is 16.2 Å². The van der Waals surface area contributed by atoms with Crippen molar-refractivity contribution >= 4 is 29.9 Å². The summed E-state index contributed by atoms with van der Waals surface area (Å²) in [6.07, 6.45) is 1.08. The summed E-state index contributed by atoms with van der Waals surface area (Å²) < 4.78 is 0. The molecule has 0 saturated heterocycles.